The highest BCUT2D eigenvalue weighted by molar-refractivity contribution is 6.31. The molecule has 0 radical (unpaired) electrons. The van der Waals surface area contributed by atoms with Crippen LogP contribution in [0.2, 0.25) is 5.02 Å². The second-order valence-corrected chi connectivity index (χ2v) is 4.06. The minimum Gasteiger partial charge on any atom is -0.312 e. The lowest BCUT2D eigenvalue weighted by Crippen LogP contribution is -2.20. The van der Waals surface area contributed by atoms with E-state index in [2.05, 4.69) is 15.3 Å². The van der Waals surface area contributed by atoms with Crippen LogP contribution in [0.15, 0.2) is 23.0 Å². The average molecular weight is 238 g/mol. The van der Waals surface area contributed by atoms with Crippen molar-refractivity contribution in [2.24, 2.45) is 0 Å². The lowest BCUT2D eigenvalue weighted by atomic mass is 10.1. The van der Waals surface area contributed by atoms with E-state index >= 15 is 0 Å². The van der Waals surface area contributed by atoms with Crippen molar-refractivity contribution in [1.82, 2.24) is 15.3 Å². The Bertz CT molecular complexity index is 579. The van der Waals surface area contributed by atoms with E-state index in [4.69, 9.17) is 11.6 Å². The number of nitrogens with zero attached hydrogens (tertiary/aromatic N) is 1. The van der Waals surface area contributed by atoms with Gasteiger partial charge in [0.15, 0.2) is 0 Å². The lowest BCUT2D eigenvalue weighted by molar-refractivity contribution is 0.634. The van der Waals surface area contributed by atoms with E-state index in [-0.39, 0.29) is 11.7 Å². The summed E-state index contributed by atoms with van der Waals surface area (Å²) >= 11 is 5.87. The molecule has 1 atom stereocenters. The highest BCUT2D eigenvalue weighted by Gasteiger charge is 2.10. The normalized spacial score (nSPS) is 12.9. The molecule has 1 aromatic carbocycles. The molecule has 5 heteroatoms. The molecule has 0 aliphatic rings. The minimum atomic E-state index is -0.355. The summed E-state index contributed by atoms with van der Waals surface area (Å²) in [5.41, 5.74) is 1.09. The molecule has 4 nitrogen and oxygen atoms in total. The van der Waals surface area contributed by atoms with Gasteiger partial charge in [-0.25, -0.2) is 4.79 Å². The summed E-state index contributed by atoms with van der Waals surface area (Å²) in [6.45, 7) is 1.97. The van der Waals surface area contributed by atoms with E-state index in [0.29, 0.717) is 10.5 Å². The molecule has 0 amide bonds. The fraction of sp³-hybridized carbons (Fsp3) is 0.273. The molecule has 2 rings (SSSR count). The van der Waals surface area contributed by atoms with Gasteiger partial charge in [0.1, 0.15) is 0 Å². The van der Waals surface area contributed by atoms with Gasteiger partial charge >= 0.3 is 5.69 Å². The van der Waals surface area contributed by atoms with Gasteiger partial charge in [0.25, 0.3) is 0 Å². The maximum atomic E-state index is 11.4. The maximum Gasteiger partial charge on any atom is 0.345 e. The van der Waals surface area contributed by atoms with E-state index in [1.807, 2.05) is 20.0 Å². The Labute approximate surface area is 97.7 Å². The van der Waals surface area contributed by atoms with Gasteiger partial charge in [-0.2, -0.15) is 4.98 Å². The molecule has 0 spiro atoms. The molecule has 0 saturated carbocycles. The van der Waals surface area contributed by atoms with Crippen LogP contribution < -0.4 is 11.0 Å². The number of nitrogens with one attached hydrogen (secondary N) is 2. The molecule has 1 aromatic heterocycles. The molecule has 2 aromatic rings. The lowest BCUT2D eigenvalue weighted by Gasteiger charge is -2.12. The topological polar surface area (TPSA) is 57.8 Å². The molecule has 0 fully saturated rings. The molecule has 0 saturated heterocycles. The second kappa shape index (κ2) is 4.23. The van der Waals surface area contributed by atoms with Crippen LogP contribution in [0.3, 0.4) is 0 Å². The Morgan fingerprint density at radius 2 is 2.25 bits per heavy atom. The van der Waals surface area contributed by atoms with Crippen molar-refractivity contribution in [3.8, 4) is 0 Å². The van der Waals surface area contributed by atoms with Crippen LogP contribution in [-0.4, -0.2) is 17.0 Å². The van der Waals surface area contributed by atoms with Crippen LogP contribution in [0.25, 0.3) is 10.9 Å². The van der Waals surface area contributed by atoms with Gasteiger partial charge in [-0.15, -0.1) is 0 Å². The second-order valence-electron chi connectivity index (χ2n) is 3.63. The maximum absolute atomic E-state index is 11.4. The summed E-state index contributed by atoms with van der Waals surface area (Å²) < 4.78 is 0. The highest BCUT2D eigenvalue weighted by atomic mass is 35.5. The van der Waals surface area contributed by atoms with E-state index < -0.39 is 0 Å². The SMILES string of the molecule is CNC(C)c1[nH]c(=O)nc2cc(Cl)ccc12. The van der Waals surface area contributed by atoms with Crippen molar-refractivity contribution in [2.45, 2.75) is 13.0 Å². The fourth-order valence-electron chi connectivity index (χ4n) is 1.63. The number of H-pyrrole nitrogens is 1. The molecular formula is C11H12ClN3O. The van der Waals surface area contributed by atoms with Crippen molar-refractivity contribution >= 4 is 22.5 Å². The van der Waals surface area contributed by atoms with Gasteiger partial charge in [0.05, 0.1) is 5.52 Å². The Kier molecular flexibility index (Phi) is 2.94. The number of benzene rings is 1. The van der Waals surface area contributed by atoms with E-state index in [9.17, 15) is 4.79 Å². The number of fused-ring (bicyclic) bond motifs is 1. The zero-order valence-corrected chi connectivity index (χ0v) is 9.80. The summed E-state index contributed by atoms with van der Waals surface area (Å²) in [4.78, 5) is 18.0. The van der Waals surface area contributed by atoms with Gasteiger partial charge in [0, 0.05) is 22.1 Å². The quantitative estimate of drug-likeness (QED) is 0.838. The van der Waals surface area contributed by atoms with Gasteiger partial charge in [0.2, 0.25) is 0 Å². The van der Waals surface area contributed by atoms with Crippen LogP contribution in [-0.2, 0) is 0 Å². The van der Waals surface area contributed by atoms with E-state index in [1.54, 1.807) is 12.1 Å². The third kappa shape index (κ3) is 1.94. The standard InChI is InChI=1S/C11H12ClN3O/c1-6(13-2)10-8-4-3-7(12)5-9(8)14-11(16)15-10/h3-6,13H,1-2H3,(H,14,15,16). The van der Waals surface area contributed by atoms with Crippen LogP contribution in [0, 0.1) is 0 Å². The summed E-state index contributed by atoms with van der Waals surface area (Å²) in [7, 11) is 1.84. The Hall–Kier alpha value is -1.39. The number of halogens is 1. The minimum absolute atomic E-state index is 0.0550. The van der Waals surface area contributed by atoms with Crippen LogP contribution >= 0.6 is 11.6 Å². The molecule has 84 valence electrons. The first kappa shape index (κ1) is 11.1. The molecule has 0 aliphatic carbocycles. The van der Waals surface area contributed by atoms with Gasteiger partial charge in [-0.1, -0.05) is 11.6 Å². The largest absolute Gasteiger partial charge is 0.345 e. The third-order valence-electron chi connectivity index (χ3n) is 2.58. The molecule has 2 N–H and O–H groups in total. The first-order chi connectivity index (χ1) is 7.61. The molecular weight excluding hydrogens is 226 g/mol. The smallest absolute Gasteiger partial charge is 0.312 e. The molecule has 0 bridgehead atoms. The van der Waals surface area contributed by atoms with Crippen LogP contribution in [0.5, 0.6) is 0 Å². The van der Waals surface area contributed by atoms with E-state index in [0.717, 1.165) is 11.1 Å². The molecule has 1 unspecified atom stereocenters. The highest BCUT2D eigenvalue weighted by Crippen LogP contribution is 2.22. The monoisotopic (exact) mass is 237 g/mol. The zero-order chi connectivity index (χ0) is 11.7. The van der Waals surface area contributed by atoms with Crippen LogP contribution in [0.4, 0.5) is 0 Å². The van der Waals surface area contributed by atoms with Crippen molar-refractivity contribution in [2.75, 3.05) is 7.05 Å². The first-order valence-corrected chi connectivity index (χ1v) is 5.36. The van der Waals surface area contributed by atoms with E-state index in [1.165, 1.54) is 0 Å². The summed E-state index contributed by atoms with van der Waals surface area (Å²) in [5.74, 6) is 0. The van der Waals surface area contributed by atoms with Gasteiger partial charge in [-0.05, 0) is 32.2 Å². The van der Waals surface area contributed by atoms with Crippen molar-refractivity contribution < 1.29 is 0 Å². The summed E-state index contributed by atoms with van der Waals surface area (Å²) in [5, 5.41) is 4.57. The van der Waals surface area contributed by atoms with Crippen molar-refractivity contribution in [3.05, 3.63) is 39.4 Å². The Balaban J connectivity index is 2.77. The Morgan fingerprint density at radius 1 is 1.50 bits per heavy atom. The molecule has 16 heavy (non-hydrogen) atoms. The average Bonchev–Trinajstić information content (AvgIpc) is 2.26. The summed E-state index contributed by atoms with van der Waals surface area (Å²) in [6, 6.07) is 5.40. The number of aromatic nitrogens is 2. The number of aromatic amines is 1. The predicted molar refractivity (Wildman–Crippen MR) is 64.8 cm³/mol. The fourth-order valence-corrected chi connectivity index (χ4v) is 1.80. The number of hydrogen-bond donors (Lipinski definition) is 2. The van der Waals surface area contributed by atoms with Gasteiger partial charge < -0.3 is 10.3 Å². The molecule has 1 heterocycles. The third-order valence-corrected chi connectivity index (χ3v) is 2.81. The zero-order valence-electron chi connectivity index (χ0n) is 9.04. The first-order valence-electron chi connectivity index (χ1n) is 4.98. The van der Waals surface area contributed by atoms with Crippen molar-refractivity contribution in [3.63, 3.8) is 0 Å². The summed E-state index contributed by atoms with van der Waals surface area (Å²) in [6.07, 6.45) is 0. The number of hydrogen-bond acceptors (Lipinski definition) is 3. The molecule has 0 aliphatic heterocycles. The number of rotatable bonds is 2. The van der Waals surface area contributed by atoms with Crippen LogP contribution in [0.1, 0.15) is 18.7 Å². The van der Waals surface area contributed by atoms with Crippen molar-refractivity contribution in [1.29, 1.82) is 0 Å². The van der Waals surface area contributed by atoms with Gasteiger partial charge in [-0.3, -0.25) is 0 Å². The predicted octanol–water partition coefficient (Wildman–Crippen LogP) is 1.86. The Morgan fingerprint density at radius 3 is 2.94 bits per heavy atom.